The lowest BCUT2D eigenvalue weighted by Crippen LogP contribution is -2.46. The molecule has 0 bridgehead atoms. The number of fused-ring (bicyclic) bond motifs is 1. The summed E-state index contributed by atoms with van der Waals surface area (Å²) in [6.07, 6.45) is 11.2. The Morgan fingerprint density at radius 2 is 2.00 bits per heavy atom. The molecule has 1 N–H and O–H groups in total. The molecule has 2 atom stereocenters. The van der Waals surface area contributed by atoms with E-state index in [1.54, 1.807) is 0 Å². The summed E-state index contributed by atoms with van der Waals surface area (Å²) in [5.74, 6) is 2.21. The van der Waals surface area contributed by atoms with Gasteiger partial charge in [0.05, 0.1) is 0 Å². The second kappa shape index (κ2) is 5.44. The third kappa shape index (κ3) is 2.87. The average Bonchev–Trinajstić information content (AvgIpc) is 2.84. The van der Waals surface area contributed by atoms with Crippen molar-refractivity contribution in [1.29, 1.82) is 0 Å². The first-order valence-corrected chi connectivity index (χ1v) is 8.68. The van der Waals surface area contributed by atoms with Crippen LogP contribution >= 0.6 is 11.8 Å². The van der Waals surface area contributed by atoms with Gasteiger partial charge in [-0.25, -0.2) is 0 Å². The van der Waals surface area contributed by atoms with E-state index in [0.29, 0.717) is 5.41 Å². The number of hydrogen-bond acceptors (Lipinski definition) is 2. The molecule has 0 aromatic heterocycles. The molecule has 18 heavy (non-hydrogen) atoms. The van der Waals surface area contributed by atoms with E-state index in [4.69, 9.17) is 4.99 Å². The van der Waals surface area contributed by atoms with Crippen molar-refractivity contribution in [3.63, 3.8) is 0 Å². The van der Waals surface area contributed by atoms with Gasteiger partial charge >= 0.3 is 0 Å². The monoisotopic (exact) mass is 266 g/mol. The van der Waals surface area contributed by atoms with Gasteiger partial charge in [0.1, 0.15) is 0 Å². The second-order valence-electron chi connectivity index (χ2n) is 6.75. The highest BCUT2D eigenvalue weighted by atomic mass is 32.2. The Balaban J connectivity index is 1.56. The molecule has 1 aliphatic heterocycles. The number of thioether (sulfide) groups is 1. The SMILES string of the molecule is CC1(CN=C2NC3CCCCC3CS2)CCCC1. The van der Waals surface area contributed by atoms with Crippen molar-refractivity contribution in [3.05, 3.63) is 0 Å². The van der Waals surface area contributed by atoms with Gasteiger partial charge in [-0.2, -0.15) is 0 Å². The molecule has 0 aromatic rings. The van der Waals surface area contributed by atoms with Gasteiger partial charge < -0.3 is 5.32 Å². The van der Waals surface area contributed by atoms with Crippen LogP contribution in [0.15, 0.2) is 4.99 Å². The third-order valence-corrected chi connectivity index (χ3v) is 6.18. The van der Waals surface area contributed by atoms with E-state index in [0.717, 1.165) is 18.5 Å². The van der Waals surface area contributed by atoms with Crippen molar-refractivity contribution >= 4 is 16.9 Å². The van der Waals surface area contributed by atoms with Crippen LogP contribution in [0.2, 0.25) is 0 Å². The first-order chi connectivity index (χ1) is 8.75. The Morgan fingerprint density at radius 3 is 2.83 bits per heavy atom. The molecule has 3 fully saturated rings. The van der Waals surface area contributed by atoms with E-state index in [-0.39, 0.29) is 0 Å². The molecule has 2 saturated carbocycles. The van der Waals surface area contributed by atoms with E-state index in [9.17, 15) is 0 Å². The van der Waals surface area contributed by atoms with Crippen molar-refractivity contribution in [3.8, 4) is 0 Å². The van der Waals surface area contributed by atoms with E-state index in [1.807, 2.05) is 11.8 Å². The Bertz CT molecular complexity index is 320. The minimum absolute atomic E-state index is 0.499. The lowest BCUT2D eigenvalue weighted by Gasteiger charge is -2.37. The molecule has 0 aromatic carbocycles. The smallest absolute Gasteiger partial charge is 0.156 e. The molecule has 0 spiro atoms. The Labute approximate surface area is 115 Å². The summed E-state index contributed by atoms with van der Waals surface area (Å²) < 4.78 is 0. The maximum absolute atomic E-state index is 4.90. The second-order valence-corrected chi connectivity index (χ2v) is 7.75. The van der Waals surface area contributed by atoms with Crippen LogP contribution in [-0.2, 0) is 0 Å². The summed E-state index contributed by atoms with van der Waals surface area (Å²) >= 11 is 1.97. The largest absolute Gasteiger partial charge is 0.362 e. The van der Waals surface area contributed by atoms with Crippen LogP contribution in [0.1, 0.15) is 58.3 Å². The summed E-state index contributed by atoms with van der Waals surface area (Å²) in [5.41, 5.74) is 0.499. The fourth-order valence-electron chi connectivity index (χ4n) is 3.72. The highest BCUT2D eigenvalue weighted by molar-refractivity contribution is 8.13. The molecule has 1 heterocycles. The van der Waals surface area contributed by atoms with Gasteiger partial charge in [0.15, 0.2) is 5.17 Å². The zero-order chi connectivity index (χ0) is 12.4. The lowest BCUT2D eigenvalue weighted by molar-refractivity contribution is 0.309. The molecule has 2 aliphatic carbocycles. The van der Waals surface area contributed by atoms with Crippen molar-refractivity contribution < 1.29 is 0 Å². The molecule has 3 aliphatic rings. The van der Waals surface area contributed by atoms with Gasteiger partial charge in [-0.1, -0.05) is 44.4 Å². The van der Waals surface area contributed by atoms with Gasteiger partial charge in [0, 0.05) is 18.3 Å². The van der Waals surface area contributed by atoms with Crippen LogP contribution in [-0.4, -0.2) is 23.5 Å². The minimum atomic E-state index is 0.499. The van der Waals surface area contributed by atoms with Gasteiger partial charge in [0.25, 0.3) is 0 Å². The molecular weight excluding hydrogens is 240 g/mol. The topological polar surface area (TPSA) is 24.4 Å². The van der Waals surface area contributed by atoms with Crippen LogP contribution < -0.4 is 5.32 Å². The minimum Gasteiger partial charge on any atom is -0.362 e. The highest BCUT2D eigenvalue weighted by Gasteiger charge is 2.32. The number of hydrogen-bond donors (Lipinski definition) is 1. The molecular formula is C15H26N2S. The van der Waals surface area contributed by atoms with E-state index < -0.39 is 0 Å². The summed E-state index contributed by atoms with van der Waals surface area (Å²) in [4.78, 5) is 4.90. The molecule has 2 unspecified atom stereocenters. The van der Waals surface area contributed by atoms with Gasteiger partial charge in [-0.3, -0.25) is 4.99 Å². The predicted octanol–water partition coefficient (Wildman–Crippen LogP) is 3.82. The maximum Gasteiger partial charge on any atom is 0.156 e. The maximum atomic E-state index is 4.90. The number of rotatable bonds is 2. The third-order valence-electron chi connectivity index (χ3n) is 5.07. The molecule has 1 saturated heterocycles. The highest BCUT2D eigenvalue weighted by Crippen LogP contribution is 2.38. The number of nitrogens with zero attached hydrogens (tertiary/aromatic N) is 1. The van der Waals surface area contributed by atoms with Crippen LogP contribution in [0.25, 0.3) is 0 Å². The first kappa shape index (κ1) is 12.8. The molecule has 0 amide bonds. The fourth-order valence-corrected chi connectivity index (χ4v) is 4.89. The zero-order valence-corrected chi connectivity index (χ0v) is 12.4. The Kier molecular flexibility index (Phi) is 3.88. The van der Waals surface area contributed by atoms with Crippen LogP contribution in [0.3, 0.4) is 0 Å². The summed E-state index contributed by atoms with van der Waals surface area (Å²) in [5, 5.41) is 4.95. The van der Waals surface area contributed by atoms with Crippen molar-refractivity contribution in [2.45, 2.75) is 64.3 Å². The zero-order valence-electron chi connectivity index (χ0n) is 11.6. The van der Waals surface area contributed by atoms with E-state index in [2.05, 4.69) is 12.2 Å². The quantitative estimate of drug-likeness (QED) is 0.821. The molecule has 0 radical (unpaired) electrons. The van der Waals surface area contributed by atoms with Crippen molar-refractivity contribution in [1.82, 2.24) is 5.32 Å². The van der Waals surface area contributed by atoms with Crippen LogP contribution in [0.5, 0.6) is 0 Å². The number of aliphatic imine (C=N–C) groups is 1. The van der Waals surface area contributed by atoms with Gasteiger partial charge in [0.2, 0.25) is 0 Å². The Morgan fingerprint density at radius 1 is 1.22 bits per heavy atom. The summed E-state index contributed by atoms with van der Waals surface area (Å²) in [6, 6.07) is 0.732. The molecule has 2 nitrogen and oxygen atoms in total. The van der Waals surface area contributed by atoms with Crippen molar-refractivity contribution in [2.75, 3.05) is 12.3 Å². The van der Waals surface area contributed by atoms with Gasteiger partial charge in [-0.05, 0) is 37.0 Å². The Hall–Kier alpha value is -0.180. The number of nitrogens with one attached hydrogen (secondary N) is 1. The normalized spacial score (nSPS) is 37.3. The molecule has 102 valence electrons. The summed E-state index contributed by atoms with van der Waals surface area (Å²) in [7, 11) is 0. The van der Waals surface area contributed by atoms with E-state index >= 15 is 0 Å². The van der Waals surface area contributed by atoms with Crippen LogP contribution in [0, 0.1) is 11.3 Å². The standard InChI is InChI=1S/C15H26N2S/c1-15(8-4-5-9-15)11-16-14-17-13-7-3-2-6-12(13)10-18-14/h12-13H,2-11H2,1H3,(H,16,17). The van der Waals surface area contributed by atoms with Crippen LogP contribution in [0.4, 0.5) is 0 Å². The number of amidine groups is 1. The predicted molar refractivity (Wildman–Crippen MR) is 80.2 cm³/mol. The van der Waals surface area contributed by atoms with Gasteiger partial charge in [-0.15, -0.1) is 0 Å². The fraction of sp³-hybridized carbons (Fsp3) is 0.933. The molecule has 3 heteroatoms. The lowest BCUT2D eigenvalue weighted by atomic mass is 9.86. The van der Waals surface area contributed by atoms with Crippen molar-refractivity contribution in [2.24, 2.45) is 16.3 Å². The first-order valence-electron chi connectivity index (χ1n) is 7.69. The van der Waals surface area contributed by atoms with E-state index in [1.165, 1.54) is 62.3 Å². The summed E-state index contributed by atoms with van der Waals surface area (Å²) in [6.45, 7) is 3.46. The average molecular weight is 266 g/mol. The molecule has 3 rings (SSSR count).